The van der Waals surface area contributed by atoms with Crippen LogP contribution in [-0.4, -0.2) is 87.5 Å². The Morgan fingerprint density at radius 3 is 1.35 bits per heavy atom. The largest absolute Gasteiger partial charge is 0.394 e. The third-order valence-electron chi connectivity index (χ3n) is 12.2. The number of ether oxygens (including phenoxy) is 2. The topological polar surface area (TPSA) is 149 Å². The zero-order valence-corrected chi connectivity index (χ0v) is 44.4. The number of carbonyl (C=O) groups is 1. The van der Waals surface area contributed by atoms with Gasteiger partial charge in [-0.15, -0.1) is 0 Å². The highest BCUT2D eigenvalue weighted by Crippen LogP contribution is 2.22. The van der Waals surface area contributed by atoms with Gasteiger partial charge in [0.05, 0.1) is 25.4 Å². The van der Waals surface area contributed by atoms with Crippen molar-refractivity contribution in [2.75, 3.05) is 13.2 Å². The van der Waals surface area contributed by atoms with Crippen LogP contribution in [0, 0.1) is 0 Å². The molecule has 9 nitrogen and oxygen atoms in total. The fourth-order valence-corrected chi connectivity index (χ4v) is 7.79. The summed E-state index contributed by atoms with van der Waals surface area (Å²) < 4.78 is 11.2. The van der Waals surface area contributed by atoms with Gasteiger partial charge in [-0.25, -0.2) is 0 Å². The van der Waals surface area contributed by atoms with Crippen LogP contribution >= 0.6 is 0 Å². The number of nitrogens with one attached hydrogen (secondary N) is 1. The van der Waals surface area contributed by atoms with E-state index in [0.717, 1.165) is 89.9 Å². The Balaban J connectivity index is 2.36. The van der Waals surface area contributed by atoms with Gasteiger partial charge < -0.3 is 40.3 Å². The van der Waals surface area contributed by atoms with Gasteiger partial charge in [0.15, 0.2) is 6.29 Å². The van der Waals surface area contributed by atoms with Crippen molar-refractivity contribution in [3.05, 3.63) is 134 Å². The van der Waals surface area contributed by atoms with Crippen molar-refractivity contribution >= 4 is 5.91 Å². The molecule has 1 rings (SSSR count). The summed E-state index contributed by atoms with van der Waals surface area (Å²) in [6, 6.07) is -0.863. The standard InChI is InChI=1S/C62H101NO8/c1-3-5-7-9-11-13-15-17-19-21-23-25-26-27-28-29-30-32-34-36-38-40-42-44-46-48-50-52-58(66)63-55(54-70-62-61(69)60(68)59(67)57(53-64)71-62)56(65)51-49-47-45-43-41-39-37-35-33-31-24-22-20-18-16-14-12-10-8-6-4-2/h5,7,11,13,17,19,23,25,27-28,30,32-33,35-36,38,41-44,49,51,55-57,59-62,64-65,67-69H,3-4,6,8-10,12,14-16,18,20-22,24,26,29,31,34,37,39-40,45-48,50,52-54H2,1-2H3,(H,63,66)/b7-5-,13-11-,19-17-,25-23-,28-27-,32-30-,35-33+,38-36-,43-41+,44-42-,51-49+. The summed E-state index contributed by atoms with van der Waals surface area (Å²) in [7, 11) is 0. The monoisotopic (exact) mass is 988 g/mol. The molecule has 0 aliphatic carbocycles. The van der Waals surface area contributed by atoms with Crippen LogP contribution in [0.2, 0.25) is 0 Å². The van der Waals surface area contributed by atoms with Gasteiger partial charge >= 0.3 is 0 Å². The molecule has 0 aromatic rings. The number of carbonyl (C=O) groups excluding carboxylic acids is 1. The van der Waals surface area contributed by atoms with E-state index in [1.54, 1.807) is 6.08 Å². The van der Waals surface area contributed by atoms with Crippen molar-refractivity contribution in [3.8, 4) is 0 Å². The molecule has 7 atom stereocenters. The smallest absolute Gasteiger partial charge is 0.220 e. The molecular formula is C62H101NO8. The van der Waals surface area contributed by atoms with Gasteiger partial charge in [0.25, 0.3) is 0 Å². The molecule has 6 N–H and O–H groups in total. The van der Waals surface area contributed by atoms with Crippen molar-refractivity contribution in [1.29, 1.82) is 0 Å². The summed E-state index contributed by atoms with van der Waals surface area (Å²) >= 11 is 0. The van der Waals surface area contributed by atoms with Crippen LogP contribution in [0.4, 0.5) is 0 Å². The van der Waals surface area contributed by atoms with E-state index in [1.165, 1.54) is 70.6 Å². The lowest BCUT2D eigenvalue weighted by atomic mass is 9.99. The minimum atomic E-state index is -1.59. The predicted octanol–water partition coefficient (Wildman–Crippen LogP) is 13.7. The van der Waals surface area contributed by atoms with Crippen molar-refractivity contribution in [3.63, 3.8) is 0 Å². The summed E-state index contributed by atoms with van der Waals surface area (Å²) in [5.41, 5.74) is 0. The molecular weight excluding hydrogens is 887 g/mol. The molecule has 0 aromatic heterocycles. The van der Waals surface area contributed by atoms with E-state index in [9.17, 15) is 30.3 Å². The zero-order valence-electron chi connectivity index (χ0n) is 44.4. The summed E-state index contributed by atoms with van der Waals surface area (Å²) in [4.78, 5) is 13.0. The van der Waals surface area contributed by atoms with Crippen molar-refractivity contribution in [1.82, 2.24) is 5.32 Å². The fourth-order valence-electron chi connectivity index (χ4n) is 7.79. The van der Waals surface area contributed by atoms with Crippen molar-refractivity contribution in [2.24, 2.45) is 0 Å². The Bertz CT molecular complexity index is 1570. The van der Waals surface area contributed by atoms with Gasteiger partial charge in [0.1, 0.15) is 24.4 Å². The van der Waals surface area contributed by atoms with E-state index in [1.807, 2.05) is 6.08 Å². The van der Waals surface area contributed by atoms with Crippen LogP contribution in [0.5, 0.6) is 0 Å². The molecule has 1 amide bonds. The lowest BCUT2D eigenvalue weighted by Crippen LogP contribution is -2.60. The first-order valence-electron chi connectivity index (χ1n) is 27.9. The second-order valence-corrected chi connectivity index (χ2v) is 18.6. The number of hydrogen-bond acceptors (Lipinski definition) is 8. The average Bonchev–Trinajstić information content (AvgIpc) is 3.37. The van der Waals surface area contributed by atoms with Gasteiger partial charge in [-0.05, 0) is 109 Å². The Kier molecular flexibility index (Phi) is 45.9. The summed E-state index contributed by atoms with van der Waals surface area (Å²) in [5.74, 6) is -0.239. The van der Waals surface area contributed by atoms with E-state index < -0.39 is 49.5 Å². The number of hydrogen-bond donors (Lipinski definition) is 6. The minimum absolute atomic E-state index is 0.233. The molecule has 1 heterocycles. The number of aliphatic hydroxyl groups excluding tert-OH is 5. The second kappa shape index (κ2) is 49.9. The number of unbranched alkanes of at least 4 members (excludes halogenated alkanes) is 15. The molecule has 71 heavy (non-hydrogen) atoms. The summed E-state index contributed by atoms with van der Waals surface area (Å²) in [6.07, 6.45) is 69.3. The molecule has 7 unspecified atom stereocenters. The SMILES string of the molecule is CC/C=C\C/C=C\C/C=C\C/C=C\C/C=C\C/C=C\C/C=C\C/C=C\CCCCC(=O)NC(COC1OC(CO)C(O)C(O)C1O)C(O)/C=C/CC/C=C/CC/C=C/CCCCCCCCCCCCC. The van der Waals surface area contributed by atoms with Gasteiger partial charge in [-0.2, -0.15) is 0 Å². The van der Waals surface area contributed by atoms with Gasteiger partial charge in [0.2, 0.25) is 5.91 Å². The normalized spacial score (nSPS) is 20.4. The number of rotatable bonds is 45. The highest BCUT2D eigenvalue weighted by Gasteiger charge is 2.44. The fraction of sp³-hybridized carbons (Fsp3) is 0.629. The quantitative estimate of drug-likeness (QED) is 0.0261. The molecule has 0 radical (unpaired) electrons. The van der Waals surface area contributed by atoms with Crippen LogP contribution in [0.1, 0.15) is 194 Å². The Morgan fingerprint density at radius 2 is 0.887 bits per heavy atom. The first-order chi connectivity index (χ1) is 34.8. The molecule has 0 spiro atoms. The summed E-state index contributed by atoms with van der Waals surface area (Å²) in [5, 5.41) is 54.4. The molecule has 0 saturated carbocycles. The Hall–Kier alpha value is -3.67. The molecule has 402 valence electrons. The van der Waals surface area contributed by atoms with Gasteiger partial charge in [-0.3, -0.25) is 4.79 Å². The van der Waals surface area contributed by atoms with Crippen LogP contribution in [0.15, 0.2) is 134 Å². The molecule has 1 aliphatic heterocycles. The number of aliphatic hydroxyl groups is 5. The molecule has 1 fully saturated rings. The summed E-state index contributed by atoms with van der Waals surface area (Å²) in [6.45, 7) is 3.60. The highest BCUT2D eigenvalue weighted by atomic mass is 16.7. The lowest BCUT2D eigenvalue weighted by Gasteiger charge is -2.40. The molecule has 1 aliphatic rings. The van der Waals surface area contributed by atoms with E-state index in [4.69, 9.17) is 9.47 Å². The maximum atomic E-state index is 13.0. The molecule has 9 heteroatoms. The van der Waals surface area contributed by atoms with Crippen molar-refractivity contribution in [2.45, 2.75) is 236 Å². The average molecular weight is 988 g/mol. The number of amides is 1. The van der Waals surface area contributed by atoms with E-state index >= 15 is 0 Å². The first-order valence-corrected chi connectivity index (χ1v) is 27.9. The highest BCUT2D eigenvalue weighted by molar-refractivity contribution is 5.76. The Labute approximate surface area is 432 Å². The van der Waals surface area contributed by atoms with Crippen LogP contribution < -0.4 is 5.32 Å². The van der Waals surface area contributed by atoms with Gasteiger partial charge in [-0.1, -0.05) is 212 Å². The van der Waals surface area contributed by atoms with E-state index in [0.29, 0.717) is 12.8 Å². The Morgan fingerprint density at radius 1 is 0.493 bits per heavy atom. The molecule has 1 saturated heterocycles. The van der Waals surface area contributed by atoms with Gasteiger partial charge in [0, 0.05) is 6.42 Å². The van der Waals surface area contributed by atoms with Crippen LogP contribution in [0.3, 0.4) is 0 Å². The maximum Gasteiger partial charge on any atom is 0.220 e. The molecule has 0 aromatic carbocycles. The predicted molar refractivity (Wildman–Crippen MR) is 299 cm³/mol. The van der Waals surface area contributed by atoms with E-state index in [2.05, 4.69) is 141 Å². The molecule has 0 bridgehead atoms. The maximum absolute atomic E-state index is 13.0. The second-order valence-electron chi connectivity index (χ2n) is 18.6. The van der Waals surface area contributed by atoms with Crippen LogP contribution in [-0.2, 0) is 14.3 Å². The third-order valence-corrected chi connectivity index (χ3v) is 12.2. The minimum Gasteiger partial charge on any atom is -0.394 e. The number of allylic oxidation sites excluding steroid dienone is 21. The zero-order chi connectivity index (χ0) is 51.5. The van der Waals surface area contributed by atoms with E-state index in [-0.39, 0.29) is 18.9 Å². The third kappa shape index (κ3) is 39.5. The lowest BCUT2D eigenvalue weighted by molar-refractivity contribution is -0.302. The van der Waals surface area contributed by atoms with Crippen molar-refractivity contribution < 1.29 is 39.8 Å². The first kappa shape index (κ1) is 65.3. The van der Waals surface area contributed by atoms with Crippen LogP contribution in [0.25, 0.3) is 0 Å².